The molecular weight excluding hydrogens is 240 g/mol. The molecule has 0 spiro atoms. The minimum absolute atomic E-state index is 0.522. The van der Waals surface area contributed by atoms with Gasteiger partial charge in [0.1, 0.15) is 0 Å². The fourth-order valence-electron chi connectivity index (χ4n) is 2.44. The van der Waals surface area contributed by atoms with E-state index in [2.05, 4.69) is 4.90 Å². The van der Waals surface area contributed by atoms with E-state index in [1.54, 1.807) is 7.11 Å². The first-order valence-electron chi connectivity index (χ1n) is 7.05. The van der Waals surface area contributed by atoms with Crippen molar-refractivity contribution < 1.29 is 9.47 Å². The summed E-state index contributed by atoms with van der Waals surface area (Å²) < 4.78 is 11.1. The molecular formula is C15H24N2O2. The molecule has 1 aromatic carbocycles. The molecule has 1 heterocycles. The van der Waals surface area contributed by atoms with Crippen molar-refractivity contribution in [3.05, 3.63) is 23.8 Å². The second kappa shape index (κ2) is 7.36. The van der Waals surface area contributed by atoms with Gasteiger partial charge in [-0.25, -0.2) is 0 Å². The quantitative estimate of drug-likeness (QED) is 0.765. The average Bonchev–Trinajstić information content (AvgIpc) is 2.96. The van der Waals surface area contributed by atoms with Gasteiger partial charge in [0.05, 0.1) is 13.7 Å². The second-order valence-corrected chi connectivity index (χ2v) is 4.94. The van der Waals surface area contributed by atoms with Crippen LogP contribution in [0.4, 0.5) is 0 Å². The predicted octanol–water partition coefficient (Wildman–Crippen LogP) is 2.02. The van der Waals surface area contributed by atoms with Gasteiger partial charge in [-0.2, -0.15) is 0 Å². The van der Waals surface area contributed by atoms with Crippen LogP contribution in [-0.2, 0) is 6.54 Å². The highest BCUT2D eigenvalue weighted by atomic mass is 16.5. The number of nitrogens with two attached hydrogens (primary N) is 1. The maximum absolute atomic E-state index is 5.82. The lowest BCUT2D eigenvalue weighted by Crippen LogP contribution is -2.21. The van der Waals surface area contributed by atoms with Gasteiger partial charge in [-0.05, 0) is 50.0 Å². The molecule has 106 valence electrons. The molecule has 19 heavy (non-hydrogen) atoms. The molecule has 0 unspecified atom stereocenters. The highest BCUT2D eigenvalue weighted by molar-refractivity contribution is 5.42. The second-order valence-electron chi connectivity index (χ2n) is 4.94. The number of hydrogen-bond donors (Lipinski definition) is 1. The molecule has 4 nitrogen and oxygen atoms in total. The van der Waals surface area contributed by atoms with Crippen LogP contribution in [0.3, 0.4) is 0 Å². The number of hydrogen-bond acceptors (Lipinski definition) is 4. The third-order valence-corrected chi connectivity index (χ3v) is 3.54. The van der Waals surface area contributed by atoms with Crippen molar-refractivity contribution in [3.63, 3.8) is 0 Å². The molecule has 1 aromatic rings. The molecule has 1 saturated heterocycles. The number of benzene rings is 1. The predicted molar refractivity (Wildman–Crippen MR) is 76.7 cm³/mol. The molecule has 0 atom stereocenters. The summed E-state index contributed by atoms with van der Waals surface area (Å²) in [5, 5.41) is 0. The molecule has 0 radical (unpaired) electrons. The SMILES string of the molecule is COc1ccc(CN)cc1OCCCN1CCCC1. The fourth-order valence-corrected chi connectivity index (χ4v) is 2.44. The van der Waals surface area contributed by atoms with Gasteiger partial charge in [0.2, 0.25) is 0 Å². The molecule has 0 amide bonds. The Morgan fingerprint density at radius 3 is 2.68 bits per heavy atom. The smallest absolute Gasteiger partial charge is 0.161 e. The molecule has 1 fully saturated rings. The van der Waals surface area contributed by atoms with E-state index in [-0.39, 0.29) is 0 Å². The first-order valence-corrected chi connectivity index (χ1v) is 7.05. The lowest BCUT2D eigenvalue weighted by molar-refractivity contribution is 0.254. The van der Waals surface area contributed by atoms with Gasteiger partial charge in [-0.3, -0.25) is 0 Å². The van der Waals surface area contributed by atoms with Crippen molar-refractivity contribution in [2.45, 2.75) is 25.8 Å². The van der Waals surface area contributed by atoms with Gasteiger partial charge in [-0.15, -0.1) is 0 Å². The van der Waals surface area contributed by atoms with Crippen molar-refractivity contribution in [1.29, 1.82) is 0 Å². The van der Waals surface area contributed by atoms with Gasteiger partial charge < -0.3 is 20.1 Å². The van der Waals surface area contributed by atoms with Crippen LogP contribution in [-0.4, -0.2) is 38.3 Å². The van der Waals surface area contributed by atoms with Crippen LogP contribution in [0.15, 0.2) is 18.2 Å². The Morgan fingerprint density at radius 2 is 2.00 bits per heavy atom. The van der Waals surface area contributed by atoms with Gasteiger partial charge in [0.15, 0.2) is 11.5 Å². The first-order chi connectivity index (χ1) is 9.33. The van der Waals surface area contributed by atoms with Crippen LogP contribution in [0, 0.1) is 0 Å². The van der Waals surface area contributed by atoms with Crippen LogP contribution >= 0.6 is 0 Å². The zero-order chi connectivity index (χ0) is 13.5. The van der Waals surface area contributed by atoms with Crippen molar-refractivity contribution in [2.24, 2.45) is 5.73 Å². The van der Waals surface area contributed by atoms with Crippen molar-refractivity contribution >= 4 is 0 Å². The molecule has 1 aliphatic heterocycles. The topological polar surface area (TPSA) is 47.7 Å². The Bertz CT molecular complexity index is 390. The Balaban J connectivity index is 1.80. The molecule has 4 heteroatoms. The number of rotatable bonds is 7. The van der Waals surface area contributed by atoms with Gasteiger partial charge in [0, 0.05) is 13.1 Å². The van der Waals surface area contributed by atoms with E-state index in [1.165, 1.54) is 25.9 Å². The van der Waals surface area contributed by atoms with Crippen molar-refractivity contribution in [1.82, 2.24) is 4.90 Å². The number of likely N-dealkylation sites (tertiary alicyclic amines) is 1. The van der Waals surface area contributed by atoms with E-state index >= 15 is 0 Å². The summed E-state index contributed by atoms with van der Waals surface area (Å²) in [7, 11) is 1.66. The Morgan fingerprint density at radius 1 is 1.21 bits per heavy atom. The summed E-state index contributed by atoms with van der Waals surface area (Å²) in [6, 6.07) is 5.85. The summed E-state index contributed by atoms with van der Waals surface area (Å²) >= 11 is 0. The van der Waals surface area contributed by atoms with E-state index in [1.807, 2.05) is 18.2 Å². The van der Waals surface area contributed by atoms with Gasteiger partial charge >= 0.3 is 0 Å². The van der Waals surface area contributed by atoms with Crippen LogP contribution in [0.5, 0.6) is 11.5 Å². The Kier molecular flexibility index (Phi) is 5.48. The zero-order valence-electron chi connectivity index (χ0n) is 11.7. The van der Waals surface area contributed by atoms with Gasteiger partial charge in [-0.1, -0.05) is 6.07 Å². The van der Waals surface area contributed by atoms with E-state index in [0.29, 0.717) is 6.54 Å². The minimum Gasteiger partial charge on any atom is -0.493 e. The normalized spacial score (nSPS) is 15.7. The number of ether oxygens (including phenoxy) is 2. The van der Waals surface area contributed by atoms with Crippen molar-refractivity contribution in [2.75, 3.05) is 33.4 Å². The average molecular weight is 264 g/mol. The molecule has 2 rings (SSSR count). The summed E-state index contributed by atoms with van der Waals surface area (Å²) in [6.45, 7) is 4.85. The third kappa shape index (κ3) is 4.11. The Hall–Kier alpha value is -1.26. The molecule has 0 aromatic heterocycles. The van der Waals surface area contributed by atoms with Gasteiger partial charge in [0.25, 0.3) is 0 Å². The summed E-state index contributed by atoms with van der Waals surface area (Å²) in [6.07, 6.45) is 3.73. The lowest BCUT2D eigenvalue weighted by Gasteiger charge is -2.15. The fraction of sp³-hybridized carbons (Fsp3) is 0.600. The van der Waals surface area contributed by atoms with Crippen LogP contribution < -0.4 is 15.2 Å². The standard InChI is InChI=1S/C15H24N2O2/c1-18-14-6-5-13(12-16)11-15(14)19-10-4-9-17-7-2-3-8-17/h5-6,11H,2-4,7-10,12,16H2,1H3. The summed E-state index contributed by atoms with van der Waals surface area (Å²) in [5.74, 6) is 1.57. The number of nitrogens with zero attached hydrogens (tertiary/aromatic N) is 1. The molecule has 0 saturated carbocycles. The zero-order valence-corrected chi connectivity index (χ0v) is 11.7. The van der Waals surface area contributed by atoms with E-state index < -0.39 is 0 Å². The third-order valence-electron chi connectivity index (χ3n) is 3.54. The first kappa shape index (κ1) is 14.2. The maximum atomic E-state index is 5.82. The van der Waals surface area contributed by atoms with Crippen LogP contribution in [0.25, 0.3) is 0 Å². The molecule has 0 aliphatic carbocycles. The van der Waals surface area contributed by atoms with E-state index in [0.717, 1.165) is 36.6 Å². The van der Waals surface area contributed by atoms with Crippen LogP contribution in [0.1, 0.15) is 24.8 Å². The summed E-state index contributed by atoms with van der Waals surface area (Å²) in [4.78, 5) is 2.50. The molecule has 1 aliphatic rings. The highest BCUT2D eigenvalue weighted by Gasteiger charge is 2.11. The Labute approximate surface area is 115 Å². The monoisotopic (exact) mass is 264 g/mol. The van der Waals surface area contributed by atoms with Crippen molar-refractivity contribution in [3.8, 4) is 11.5 Å². The minimum atomic E-state index is 0.522. The number of methoxy groups -OCH3 is 1. The van der Waals surface area contributed by atoms with E-state index in [4.69, 9.17) is 15.2 Å². The maximum Gasteiger partial charge on any atom is 0.161 e. The van der Waals surface area contributed by atoms with E-state index in [9.17, 15) is 0 Å². The lowest BCUT2D eigenvalue weighted by atomic mass is 10.2. The summed E-state index contributed by atoms with van der Waals surface area (Å²) in [5.41, 5.74) is 6.71. The molecule has 2 N–H and O–H groups in total. The largest absolute Gasteiger partial charge is 0.493 e. The van der Waals surface area contributed by atoms with Crippen LogP contribution in [0.2, 0.25) is 0 Å². The highest BCUT2D eigenvalue weighted by Crippen LogP contribution is 2.28. The molecule has 0 bridgehead atoms.